The lowest BCUT2D eigenvalue weighted by molar-refractivity contribution is -0.113. The molecule has 1 atom stereocenters. The first-order valence-electron chi connectivity index (χ1n) is 10.2. The molecule has 0 fully saturated rings. The fourth-order valence-corrected chi connectivity index (χ4v) is 4.00. The van der Waals surface area contributed by atoms with Gasteiger partial charge in [-0.1, -0.05) is 60.2 Å². The average Bonchev–Trinajstić information content (AvgIpc) is 2.79. The molecule has 1 aliphatic rings. The standard InChI is InChI=1S/C26H20N2O4/c1-15-11-13-16(14-12-15)20-21-23(18-9-5-6-10-19(18)31-26(21)30)32-24(27)22(20)25(29)28-17-7-3-2-4-8-17/h2-14,20H,27H2,1H3,(H,28,29). The van der Waals surface area contributed by atoms with Crippen molar-refractivity contribution in [2.45, 2.75) is 12.8 Å². The molecule has 4 aromatic rings. The molecule has 3 N–H and O–H groups in total. The van der Waals surface area contributed by atoms with Crippen LogP contribution < -0.4 is 21.4 Å². The molecule has 1 aliphatic heterocycles. The Morgan fingerprint density at radius 3 is 2.38 bits per heavy atom. The predicted octanol–water partition coefficient (Wildman–Crippen LogP) is 4.43. The summed E-state index contributed by atoms with van der Waals surface area (Å²) in [5.74, 6) is -0.926. The molecule has 0 radical (unpaired) electrons. The maximum absolute atomic E-state index is 13.4. The molecule has 6 nitrogen and oxygen atoms in total. The van der Waals surface area contributed by atoms with E-state index in [1.54, 1.807) is 30.3 Å². The highest BCUT2D eigenvalue weighted by atomic mass is 16.5. The number of nitrogens with one attached hydrogen (secondary N) is 1. The van der Waals surface area contributed by atoms with E-state index in [1.807, 2.05) is 55.5 Å². The van der Waals surface area contributed by atoms with Crippen LogP contribution in [-0.4, -0.2) is 5.91 Å². The number of fused-ring (bicyclic) bond motifs is 3. The molecule has 1 unspecified atom stereocenters. The fraction of sp³-hybridized carbons (Fsp3) is 0.0769. The van der Waals surface area contributed by atoms with Crippen molar-refractivity contribution in [2.24, 2.45) is 5.73 Å². The number of para-hydroxylation sites is 2. The van der Waals surface area contributed by atoms with Gasteiger partial charge in [0, 0.05) is 5.69 Å². The summed E-state index contributed by atoms with van der Waals surface area (Å²) in [6.07, 6.45) is 0. The Labute approximate surface area is 183 Å². The van der Waals surface area contributed by atoms with Gasteiger partial charge in [0.15, 0.2) is 5.75 Å². The summed E-state index contributed by atoms with van der Waals surface area (Å²) in [5.41, 5.74) is 8.95. The summed E-state index contributed by atoms with van der Waals surface area (Å²) in [6, 6.07) is 23.7. The molecule has 158 valence electrons. The molecule has 1 amide bonds. The summed E-state index contributed by atoms with van der Waals surface area (Å²) in [6.45, 7) is 1.97. The maximum Gasteiger partial charge on any atom is 0.344 e. The number of hydrogen-bond donors (Lipinski definition) is 2. The van der Waals surface area contributed by atoms with Gasteiger partial charge in [0.25, 0.3) is 5.91 Å². The first-order valence-corrected chi connectivity index (χ1v) is 10.2. The number of anilines is 1. The molecule has 3 aromatic carbocycles. The number of amides is 1. The number of aryl methyl sites for hydroxylation is 1. The van der Waals surface area contributed by atoms with Crippen molar-refractivity contribution in [1.82, 2.24) is 0 Å². The highest BCUT2D eigenvalue weighted by molar-refractivity contribution is 6.06. The molecule has 0 saturated heterocycles. The third kappa shape index (κ3) is 3.32. The van der Waals surface area contributed by atoms with Crippen LogP contribution in [0.1, 0.15) is 22.6 Å². The largest absolute Gasteiger partial charge is 0.440 e. The molecule has 6 heteroatoms. The van der Waals surface area contributed by atoms with Gasteiger partial charge in [-0.3, -0.25) is 4.79 Å². The van der Waals surface area contributed by atoms with Gasteiger partial charge in [-0.25, -0.2) is 4.79 Å². The molecular weight excluding hydrogens is 404 g/mol. The highest BCUT2D eigenvalue weighted by Gasteiger charge is 2.38. The van der Waals surface area contributed by atoms with Crippen LogP contribution in [0.15, 0.2) is 99.5 Å². The Bertz CT molecular complexity index is 1420. The quantitative estimate of drug-likeness (QED) is 0.474. The Balaban J connectivity index is 1.72. The zero-order valence-electron chi connectivity index (χ0n) is 17.3. The molecule has 0 bridgehead atoms. The second kappa shape index (κ2) is 7.74. The van der Waals surface area contributed by atoms with E-state index in [0.29, 0.717) is 22.4 Å². The van der Waals surface area contributed by atoms with Crippen molar-refractivity contribution in [1.29, 1.82) is 0 Å². The van der Waals surface area contributed by atoms with E-state index in [9.17, 15) is 9.59 Å². The topological polar surface area (TPSA) is 94.6 Å². The van der Waals surface area contributed by atoms with E-state index in [1.165, 1.54) is 0 Å². The Kier molecular flexibility index (Phi) is 4.75. The number of rotatable bonds is 3. The second-order valence-electron chi connectivity index (χ2n) is 7.67. The van der Waals surface area contributed by atoms with Crippen LogP contribution in [0, 0.1) is 6.92 Å². The minimum absolute atomic E-state index is 0.0488. The summed E-state index contributed by atoms with van der Waals surface area (Å²) >= 11 is 0. The number of nitrogens with two attached hydrogens (primary N) is 1. The Morgan fingerprint density at radius 1 is 0.938 bits per heavy atom. The van der Waals surface area contributed by atoms with E-state index in [-0.39, 0.29) is 17.0 Å². The van der Waals surface area contributed by atoms with Gasteiger partial charge in [0.1, 0.15) is 5.58 Å². The number of benzene rings is 3. The summed E-state index contributed by atoms with van der Waals surface area (Å²) in [4.78, 5) is 26.5. The van der Waals surface area contributed by atoms with Crippen LogP contribution in [0.2, 0.25) is 0 Å². The van der Waals surface area contributed by atoms with E-state index >= 15 is 0 Å². The predicted molar refractivity (Wildman–Crippen MR) is 122 cm³/mol. The van der Waals surface area contributed by atoms with Crippen molar-refractivity contribution in [3.8, 4) is 5.75 Å². The minimum Gasteiger partial charge on any atom is -0.440 e. The molecule has 32 heavy (non-hydrogen) atoms. The monoisotopic (exact) mass is 424 g/mol. The van der Waals surface area contributed by atoms with Crippen molar-refractivity contribution in [3.05, 3.63) is 117 Å². The van der Waals surface area contributed by atoms with E-state index in [2.05, 4.69) is 5.32 Å². The van der Waals surface area contributed by atoms with Crippen LogP contribution in [-0.2, 0) is 4.79 Å². The van der Waals surface area contributed by atoms with E-state index in [0.717, 1.165) is 11.1 Å². The minimum atomic E-state index is -0.746. The van der Waals surface area contributed by atoms with Crippen LogP contribution in [0.5, 0.6) is 5.75 Å². The molecule has 0 saturated carbocycles. The molecule has 0 spiro atoms. The average molecular weight is 424 g/mol. The van der Waals surface area contributed by atoms with Crippen LogP contribution in [0.25, 0.3) is 11.0 Å². The van der Waals surface area contributed by atoms with E-state index < -0.39 is 17.5 Å². The lowest BCUT2D eigenvalue weighted by Crippen LogP contribution is -2.32. The van der Waals surface area contributed by atoms with E-state index in [4.69, 9.17) is 14.9 Å². The van der Waals surface area contributed by atoms with Crippen molar-refractivity contribution < 1.29 is 13.9 Å². The highest BCUT2D eigenvalue weighted by Crippen LogP contribution is 2.44. The molecule has 0 aliphatic carbocycles. The van der Waals surface area contributed by atoms with Gasteiger partial charge in [-0.05, 0) is 36.8 Å². The lowest BCUT2D eigenvalue weighted by Gasteiger charge is -2.28. The van der Waals surface area contributed by atoms with Crippen molar-refractivity contribution in [2.75, 3.05) is 5.32 Å². The van der Waals surface area contributed by atoms with Crippen molar-refractivity contribution >= 4 is 22.6 Å². The van der Waals surface area contributed by atoms with Gasteiger partial charge in [0.2, 0.25) is 5.88 Å². The zero-order chi connectivity index (χ0) is 22.2. The molecule has 2 heterocycles. The number of ether oxygens (including phenoxy) is 1. The smallest absolute Gasteiger partial charge is 0.344 e. The fourth-order valence-electron chi connectivity index (χ4n) is 4.00. The first-order chi connectivity index (χ1) is 15.5. The lowest BCUT2D eigenvalue weighted by atomic mass is 9.82. The van der Waals surface area contributed by atoms with Gasteiger partial charge in [-0.15, -0.1) is 0 Å². The first kappa shape index (κ1) is 19.6. The third-order valence-corrected chi connectivity index (χ3v) is 5.54. The number of carbonyl (C=O) groups is 1. The number of hydrogen-bond acceptors (Lipinski definition) is 5. The van der Waals surface area contributed by atoms with Crippen LogP contribution >= 0.6 is 0 Å². The number of carbonyl (C=O) groups excluding carboxylic acids is 1. The third-order valence-electron chi connectivity index (χ3n) is 5.54. The SMILES string of the molecule is Cc1ccc(C2C(C(=O)Nc3ccccc3)=C(N)Oc3c2c(=O)oc2ccccc32)cc1. The zero-order valence-corrected chi connectivity index (χ0v) is 17.3. The van der Waals surface area contributed by atoms with Crippen molar-refractivity contribution in [3.63, 3.8) is 0 Å². The second-order valence-corrected chi connectivity index (χ2v) is 7.67. The molecular formula is C26H20N2O4. The van der Waals surface area contributed by atoms with Gasteiger partial charge in [0.05, 0.1) is 22.4 Å². The van der Waals surface area contributed by atoms with Crippen LogP contribution in [0.4, 0.5) is 5.69 Å². The molecule has 5 rings (SSSR count). The van der Waals surface area contributed by atoms with Gasteiger partial charge >= 0.3 is 5.63 Å². The summed E-state index contributed by atoms with van der Waals surface area (Å²) in [5, 5.41) is 3.47. The maximum atomic E-state index is 13.4. The summed E-state index contributed by atoms with van der Waals surface area (Å²) < 4.78 is 11.5. The molecule has 1 aromatic heterocycles. The Hall–Kier alpha value is -4.32. The normalized spacial score (nSPS) is 15.2. The van der Waals surface area contributed by atoms with Gasteiger partial charge in [-0.2, -0.15) is 0 Å². The summed E-state index contributed by atoms with van der Waals surface area (Å²) in [7, 11) is 0. The van der Waals surface area contributed by atoms with Gasteiger partial charge < -0.3 is 20.2 Å². The Morgan fingerprint density at radius 2 is 1.62 bits per heavy atom. The van der Waals surface area contributed by atoms with Crippen LogP contribution in [0.3, 0.4) is 0 Å².